The highest BCUT2D eigenvalue weighted by Gasteiger charge is 2.22. The molecule has 1 aliphatic carbocycles. The minimum absolute atomic E-state index is 0.0210. The summed E-state index contributed by atoms with van der Waals surface area (Å²) in [6.45, 7) is 4.85. The second-order valence-corrected chi connectivity index (χ2v) is 7.03. The molecule has 0 unspecified atom stereocenters. The third-order valence-corrected chi connectivity index (χ3v) is 4.79. The molecule has 0 atom stereocenters. The zero-order valence-electron chi connectivity index (χ0n) is 14.4. The van der Waals surface area contributed by atoms with Crippen molar-refractivity contribution in [3.05, 3.63) is 40.1 Å². The van der Waals surface area contributed by atoms with Gasteiger partial charge in [-0.15, -0.1) is 0 Å². The Labute approximate surface area is 144 Å². The SMILES string of the molecule is CC(C)c1c(-c2cnn(CCC3CC3)c2)[nH]c2c(C#N)cnn2c1=O. The molecule has 0 amide bonds. The summed E-state index contributed by atoms with van der Waals surface area (Å²) in [5, 5.41) is 17.7. The van der Waals surface area contributed by atoms with Crippen LogP contribution in [0.3, 0.4) is 0 Å². The summed E-state index contributed by atoms with van der Waals surface area (Å²) in [6, 6.07) is 2.08. The molecular weight excluding hydrogens is 316 g/mol. The number of rotatable bonds is 5. The number of nitrogens with one attached hydrogen (secondary N) is 1. The van der Waals surface area contributed by atoms with Gasteiger partial charge in [0.15, 0.2) is 5.65 Å². The van der Waals surface area contributed by atoms with E-state index in [9.17, 15) is 10.1 Å². The number of hydrogen-bond donors (Lipinski definition) is 1. The van der Waals surface area contributed by atoms with Gasteiger partial charge in [-0.25, -0.2) is 0 Å². The Hall–Kier alpha value is -2.88. The third kappa shape index (κ3) is 2.74. The Balaban J connectivity index is 1.83. The van der Waals surface area contributed by atoms with Crippen LogP contribution >= 0.6 is 0 Å². The molecule has 1 aliphatic rings. The average Bonchev–Trinajstić information content (AvgIpc) is 3.14. The normalized spacial score (nSPS) is 14.3. The molecule has 0 spiro atoms. The summed E-state index contributed by atoms with van der Waals surface area (Å²) in [6.07, 6.45) is 8.97. The van der Waals surface area contributed by atoms with Crippen LogP contribution in [0.4, 0.5) is 0 Å². The first kappa shape index (κ1) is 15.6. The molecule has 3 heterocycles. The number of aromatic amines is 1. The van der Waals surface area contributed by atoms with E-state index in [-0.39, 0.29) is 11.5 Å². The molecule has 0 radical (unpaired) electrons. The predicted molar refractivity (Wildman–Crippen MR) is 93.2 cm³/mol. The second kappa shape index (κ2) is 5.88. The van der Waals surface area contributed by atoms with Crippen molar-refractivity contribution in [2.24, 2.45) is 5.92 Å². The zero-order chi connectivity index (χ0) is 17.6. The number of nitriles is 1. The van der Waals surface area contributed by atoms with Gasteiger partial charge in [0.05, 0.1) is 18.1 Å². The Bertz CT molecular complexity index is 1030. The van der Waals surface area contributed by atoms with Crippen LogP contribution < -0.4 is 5.56 Å². The average molecular weight is 336 g/mol. The van der Waals surface area contributed by atoms with Gasteiger partial charge in [-0.2, -0.15) is 20.0 Å². The van der Waals surface area contributed by atoms with Gasteiger partial charge >= 0.3 is 0 Å². The molecule has 25 heavy (non-hydrogen) atoms. The quantitative estimate of drug-likeness (QED) is 0.775. The van der Waals surface area contributed by atoms with Gasteiger partial charge in [0.2, 0.25) is 0 Å². The monoisotopic (exact) mass is 336 g/mol. The molecule has 128 valence electrons. The summed E-state index contributed by atoms with van der Waals surface area (Å²) < 4.78 is 3.21. The standard InChI is InChI=1S/C18H20N6O/c1-11(2)15-16(14-9-20-23(10-14)6-5-12-3-4-12)22-17-13(7-19)8-21-24(17)18(15)25/h8-12,22H,3-6H2,1-2H3. The molecule has 0 saturated heterocycles. The Kier molecular flexibility index (Phi) is 3.68. The number of aryl methyl sites for hydroxylation is 1. The lowest BCUT2D eigenvalue weighted by atomic mass is 10.00. The van der Waals surface area contributed by atoms with E-state index in [1.165, 1.54) is 23.6 Å². The van der Waals surface area contributed by atoms with Gasteiger partial charge < -0.3 is 4.98 Å². The fourth-order valence-corrected chi connectivity index (χ4v) is 3.21. The van der Waals surface area contributed by atoms with Crippen LogP contribution in [0.1, 0.15) is 50.2 Å². The predicted octanol–water partition coefficient (Wildman–Crippen LogP) is 2.68. The van der Waals surface area contributed by atoms with Crippen molar-refractivity contribution >= 4 is 5.65 Å². The maximum absolute atomic E-state index is 12.9. The lowest BCUT2D eigenvalue weighted by Crippen LogP contribution is -2.22. The van der Waals surface area contributed by atoms with Crippen LogP contribution in [0.15, 0.2) is 23.4 Å². The molecular formula is C18H20N6O. The topological polar surface area (TPSA) is 91.8 Å². The van der Waals surface area contributed by atoms with E-state index in [1.54, 1.807) is 6.20 Å². The van der Waals surface area contributed by atoms with Crippen molar-refractivity contribution in [2.45, 2.75) is 45.6 Å². The molecule has 7 nitrogen and oxygen atoms in total. The second-order valence-electron chi connectivity index (χ2n) is 7.03. The van der Waals surface area contributed by atoms with Gasteiger partial charge in [-0.05, 0) is 18.3 Å². The van der Waals surface area contributed by atoms with Crippen LogP contribution in [-0.4, -0.2) is 24.4 Å². The van der Waals surface area contributed by atoms with Gasteiger partial charge in [-0.1, -0.05) is 26.7 Å². The number of hydrogen-bond acceptors (Lipinski definition) is 4. The Morgan fingerprint density at radius 1 is 1.36 bits per heavy atom. The Morgan fingerprint density at radius 3 is 2.84 bits per heavy atom. The van der Waals surface area contributed by atoms with E-state index in [0.29, 0.717) is 16.8 Å². The molecule has 3 aromatic heterocycles. The minimum Gasteiger partial charge on any atom is -0.338 e. The van der Waals surface area contributed by atoms with E-state index in [0.717, 1.165) is 30.1 Å². The van der Waals surface area contributed by atoms with Crippen LogP contribution in [0.2, 0.25) is 0 Å². The van der Waals surface area contributed by atoms with Gasteiger partial charge in [0.1, 0.15) is 11.6 Å². The molecule has 1 N–H and O–H groups in total. The molecule has 3 aromatic rings. The third-order valence-electron chi connectivity index (χ3n) is 4.79. The lowest BCUT2D eigenvalue weighted by Gasteiger charge is -2.11. The Morgan fingerprint density at radius 2 is 2.16 bits per heavy atom. The summed E-state index contributed by atoms with van der Waals surface area (Å²) >= 11 is 0. The summed E-state index contributed by atoms with van der Waals surface area (Å²) in [5.41, 5.74) is 2.84. The molecule has 4 rings (SSSR count). The van der Waals surface area contributed by atoms with Gasteiger partial charge in [-0.3, -0.25) is 9.48 Å². The number of fused-ring (bicyclic) bond motifs is 1. The number of aromatic nitrogens is 5. The fraction of sp³-hybridized carbons (Fsp3) is 0.444. The van der Waals surface area contributed by atoms with E-state index < -0.39 is 0 Å². The largest absolute Gasteiger partial charge is 0.338 e. The zero-order valence-corrected chi connectivity index (χ0v) is 14.4. The fourth-order valence-electron chi connectivity index (χ4n) is 3.21. The van der Waals surface area contributed by atoms with Gasteiger partial charge in [0.25, 0.3) is 5.56 Å². The van der Waals surface area contributed by atoms with Crippen molar-refractivity contribution in [1.82, 2.24) is 24.4 Å². The summed E-state index contributed by atoms with van der Waals surface area (Å²) in [7, 11) is 0. The van der Waals surface area contributed by atoms with E-state index in [2.05, 4.69) is 21.3 Å². The summed E-state index contributed by atoms with van der Waals surface area (Å²) in [5.74, 6) is 0.868. The van der Waals surface area contributed by atoms with Crippen LogP contribution in [-0.2, 0) is 6.54 Å². The molecule has 1 saturated carbocycles. The summed E-state index contributed by atoms with van der Waals surface area (Å²) in [4.78, 5) is 16.1. The van der Waals surface area contributed by atoms with Crippen LogP contribution in [0.25, 0.3) is 16.9 Å². The van der Waals surface area contributed by atoms with Crippen molar-refractivity contribution in [3.63, 3.8) is 0 Å². The molecule has 1 fully saturated rings. The maximum atomic E-state index is 12.9. The minimum atomic E-state index is -0.189. The number of nitrogens with zero attached hydrogens (tertiary/aromatic N) is 5. The molecule has 0 aliphatic heterocycles. The molecule has 0 bridgehead atoms. The first-order chi connectivity index (χ1) is 12.1. The first-order valence-electron chi connectivity index (χ1n) is 8.65. The van der Waals surface area contributed by atoms with Gasteiger partial charge in [0, 0.05) is 23.9 Å². The van der Waals surface area contributed by atoms with Crippen molar-refractivity contribution in [2.75, 3.05) is 0 Å². The maximum Gasteiger partial charge on any atom is 0.278 e. The van der Waals surface area contributed by atoms with E-state index in [1.807, 2.05) is 24.7 Å². The number of H-pyrrole nitrogens is 1. The highest BCUT2D eigenvalue weighted by atomic mass is 16.1. The van der Waals surface area contributed by atoms with Crippen molar-refractivity contribution in [1.29, 1.82) is 5.26 Å². The smallest absolute Gasteiger partial charge is 0.278 e. The lowest BCUT2D eigenvalue weighted by molar-refractivity contribution is 0.547. The van der Waals surface area contributed by atoms with Crippen LogP contribution in [0.5, 0.6) is 0 Å². The van der Waals surface area contributed by atoms with E-state index >= 15 is 0 Å². The van der Waals surface area contributed by atoms with E-state index in [4.69, 9.17) is 0 Å². The highest BCUT2D eigenvalue weighted by Crippen LogP contribution is 2.33. The first-order valence-corrected chi connectivity index (χ1v) is 8.65. The molecule has 0 aromatic carbocycles. The van der Waals surface area contributed by atoms with Crippen molar-refractivity contribution < 1.29 is 0 Å². The van der Waals surface area contributed by atoms with Crippen molar-refractivity contribution in [3.8, 4) is 17.3 Å². The molecule has 7 heteroatoms. The van der Waals surface area contributed by atoms with Crippen LogP contribution in [0, 0.1) is 17.2 Å². The highest BCUT2D eigenvalue weighted by molar-refractivity contribution is 5.67.